The zero-order valence-corrected chi connectivity index (χ0v) is 13.8. The molecule has 4 rings (SSSR count). The van der Waals surface area contributed by atoms with Gasteiger partial charge >= 0.3 is 0 Å². The minimum atomic E-state index is 0.706. The van der Waals surface area contributed by atoms with E-state index in [9.17, 15) is 0 Å². The number of pyridine rings is 2. The summed E-state index contributed by atoms with van der Waals surface area (Å²) >= 11 is 0. The van der Waals surface area contributed by atoms with E-state index in [4.69, 9.17) is 4.99 Å². The highest BCUT2D eigenvalue weighted by molar-refractivity contribution is 6.18. The molecule has 0 bridgehead atoms. The number of nitrogens with zero attached hydrogens (tertiary/aromatic N) is 4. The van der Waals surface area contributed by atoms with Crippen molar-refractivity contribution in [1.82, 2.24) is 15.4 Å². The van der Waals surface area contributed by atoms with E-state index in [0.717, 1.165) is 34.5 Å². The standard InChI is InChI=1S/C20H17N5/c1-2-14-3-4-18-17(13-14)19(15-5-9-21-10-6-15)24-25-20(23-18)16-7-11-22-12-8-16/h3-13H,2H2,1H3,(H,23,25). The van der Waals surface area contributed by atoms with E-state index in [1.807, 2.05) is 24.3 Å². The zero-order chi connectivity index (χ0) is 17.1. The van der Waals surface area contributed by atoms with Gasteiger partial charge in [0.15, 0.2) is 5.84 Å². The largest absolute Gasteiger partial charge is 0.265 e. The average Bonchev–Trinajstić information content (AvgIpc) is 2.88. The van der Waals surface area contributed by atoms with Crippen LogP contribution in [-0.4, -0.2) is 21.5 Å². The number of amidine groups is 1. The van der Waals surface area contributed by atoms with Crippen molar-refractivity contribution in [3.8, 4) is 0 Å². The fraction of sp³-hybridized carbons (Fsp3) is 0.100. The third-order valence-electron chi connectivity index (χ3n) is 4.14. The Bertz CT molecular complexity index is 946. The number of hydrogen-bond donors (Lipinski definition) is 1. The smallest absolute Gasteiger partial charge is 0.154 e. The number of fused-ring (bicyclic) bond motifs is 1. The number of hydrazone groups is 1. The molecule has 2 aromatic heterocycles. The van der Waals surface area contributed by atoms with Crippen molar-refractivity contribution < 1.29 is 0 Å². The molecule has 0 saturated carbocycles. The first-order chi connectivity index (χ1) is 12.3. The second kappa shape index (κ2) is 6.65. The van der Waals surface area contributed by atoms with Crippen molar-refractivity contribution in [3.63, 3.8) is 0 Å². The lowest BCUT2D eigenvalue weighted by molar-refractivity contribution is 1.03. The molecule has 1 aromatic carbocycles. The summed E-state index contributed by atoms with van der Waals surface area (Å²) in [6.07, 6.45) is 8.01. The Kier molecular flexibility index (Phi) is 4.04. The number of aliphatic imine (C=N–C) groups is 1. The van der Waals surface area contributed by atoms with Crippen molar-refractivity contribution in [2.24, 2.45) is 10.1 Å². The molecule has 3 heterocycles. The molecule has 0 radical (unpaired) electrons. The molecule has 0 aliphatic carbocycles. The van der Waals surface area contributed by atoms with Crippen molar-refractivity contribution >= 4 is 17.2 Å². The third-order valence-corrected chi connectivity index (χ3v) is 4.14. The van der Waals surface area contributed by atoms with Crippen LogP contribution in [0.2, 0.25) is 0 Å². The van der Waals surface area contributed by atoms with Crippen LogP contribution in [0.25, 0.3) is 0 Å². The van der Waals surface area contributed by atoms with Crippen LogP contribution >= 0.6 is 0 Å². The van der Waals surface area contributed by atoms with E-state index in [1.165, 1.54) is 5.56 Å². The van der Waals surface area contributed by atoms with Crippen LogP contribution in [0, 0.1) is 0 Å². The SMILES string of the molecule is CCc1ccc2c(c1)C(c1ccncc1)=NNC(c1ccncc1)=N2. The van der Waals surface area contributed by atoms with Crippen LogP contribution in [0.15, 0.2) is 77.3 Å². The molecule has 3 aromatic rings. The monoisotopic (exact) mass is 327 g/mol. The van der Waals surface area contributed by atoms with Crippen molar-refractivity contribution in [3.05, 3.63) is 89.5 Å². The molecule has 5 heteroatoms. The molecule has 0 saturated heterocycles. The quantitative estimate of drug-likeness (QED) is 0.801. The van der Waals surface area contributed by atoms with Gasteiger partial charge in [0, 0.05) is 41.5 Å². The van der Waals surface area contributed by atoms with Gasteiger partial charge in [-0.1, -0.05) is 13.0 Å². The van der Waals surface area contributed by atoms with Gasteiger partial charge in [0.05, 0.1) is 5.69 Å². The van der Waals surface area contributed by atoms with E-state index in [-0.39, 0.29) is 0 Å². The minimum absolute atomic E-state index is 0.706. The van der Waals surface area contributed by atoms with Crippen LogP contribution in [0.5, 0.6) is 0 Å². The molecule has 1 N–H and O–H groups in total. The molecule has 122 valence electrons. The van der Waals surface area contributed by atoms with Gasteiger partial charge in [-0.25, -0.2) is 4.99 Å². The lowest BCUT2D eigenvalue weighted by atomic mass is 9.98. The zero-order valence-electron chi connectivity index (χ0n) is 13.8. The third kappa shape index (κ3) is 3.04. The van der Waals surface area contributed by atoms with Gasteiger partial charge < -0.3 is 0 Å². The Morgan fingerprint density at radius 3 is 2.20 bits per heavy atom. The fourth-order valence-corrected chi connectivity index (χ4v) is 2.77. The summed E-state index contributed by atoms with van der Waals surface area (Å²) in [6, 6.07) is 14.1. The molecule has 0 amide bonds. The van der Waals surface area contributed by atoms with Crippen LogP contribution in [0.3, 0.4) is 0 Å². The summed E-state index contributed by atoms with van der Waals surface area (Å²) in [6.45, 7) is 2.14. The topological polar surface area (TPSA) is 62.5 Å². The molecular formula is C20H17N5. The maximum Gasteiger partial charge on any atom is 0.154 e. The first-order valence-corrected chi connectivity index (χ1v) is 8.21. The average molecular weight is 327 g/mol. The van der Waals surface area contributed by atoms with Crippen LogP contribution in [0.4, 0.5) is 5.69 Å². The number of aryl methyl sites for hydroxylation is 1. The lowest BCUT2D eigenvalue weighted by Gasteiger charge is -2.09. The summed E-state index contributed by atoms with van der Waals surface area (Å²) in [4.78, 5) is 13.0. The van der Waals surface area contributed by atoms with Gasteiger partial charge in [-0.05, 0) is 48.4 Å². The van der Waals surface area contributed by atoms with E-state index >= 15 is 0 Å². The van der Waals surface area contributed by atoms with Gasteiger partial charge in [-0.2, -0.15) is 5.10 Å². The summed E-state index contributed by atoms with van der Waals surface area (Å²) in [7, 11) is 0. The Labute approximate surface area is 146 Å². The molecule has 5 nitrogen and oxygen atoms in total. The number of aromatic nitrogens is 2. The predicted molar refractivity (Wildman–Crippen MR) is 99.3 cm³/mol. The van der Waals surface area contributed by atoms with Crippen LogP contribution < -0.4 is 5.43 Å². The van der Waals surface area contributed by atoms with Crippen molar-refractivity contribution in [1.29, 1.82) is 0 Å². The Balaban J connectivity index is 1.89. The molecule has 1 aliphatic rings. The Hall–Kier alpha value is -3.34. The highest BCUT2D eigenvalue weighted by Crippen LogP contribution is 2.27. The number of benzene rings is 1. The lowest BCUT2D eigenvalue weighted by Crippen LogP contribution is -2.19. The Morgan fingerprint density at radius 1 is 0.840 bits per heavy atom. The molecule has 0 spiro atoms. The molecule has 0 fully saturated rings. The van der Waals surface area contributed by atoms with Crippen LogP contribution in [0.1, 0.15) is 29.2 Å². The molecular weight excluding hydrogens is 310 g/mol. The first-order valence-electron chi connectivity index (χ1n) is 8.21. The van der Waals surface area contributed by atoms with Crippen LogP contribution in [-0.2, 0) is 6.42 Å². The van der Waals surface area contributed by atoms with Gasteiger partial charge in [0.2, 0.25) is 0 Å². The first kappa shape index (κ1) is 15.2. The second-order valence-electron chi connectivity index (χ2n) is 5.71. The highest BCUT2D eigenvalue weighted by Gasteiger charge is 2.17. The second-order valence-corrected chi connectivity index (χ2v) is 5.71. The number of hydrogen-bond acceptors (Lipinski definition) is 5. The number of rotatable bonds is 3. The molecule has 1 aliphatic heterocycles. The highest BCUT2D eigenvalue weighted by atomic mass is 15.3. The molecule has 25 heavy (non-hydrogen) atoms. The summed E-state index contributed by atoms with van der Waals surface area (Å²) in [5.41, 5.74) is 9.09. The Morgan fingerprint density at radius 2 is 1.52 bits per heavy atom. The van der Waals surface area contributed by atoms with Gasteiger partial charge in [-0.3, -0.25) is 15.4 Å². The van der Waals surface area contributed by atoms with E-state index < -0.39 is 0 Å². The number of nitrogens with one attached hydrogen (secondary N) is 1. The van der Waals surface area contributed by atoms with E-state index in [0.29, 0.717) is 5.84 Å². The van der Waals surface area contributed by atoms with Crippen molar-refractivity contribution in [2.45, 2.75) is 13.3 Å². The maximum atomic E-state index is 4.81. The summed E-state index contributed by atoms with van der Waals surface area (Å²) < 4.78 is 0. The summed E-state index contributed by atoms with van der Waals surface area (Å²) in [5.74, 6) is 0.706. The summed E-state index contributed by atoms with van der Waals surface area (Å²) in [5, 5.41) is 4.66. The predicted octanol–water partition coefficient (Wildman–Crippen LogP) is 3.47. The molecule has 0 unspecified atom stereocenters. The van der Waals surface area contributed by atoms with Gasteiger partial charge in [0.1, 0.15) is 5.71 Å². The van der Waals surface area contributed by atoms with Crippen molar-refractivity contribution in [2.75, 3.05) is 0 Å². The molecule has 0 atom stereocenters. The fourth-order valence-electron chi connectivity index (χ4n) is 2.77. The maximum absolute atomic E-state index is 4.81. The van der Waals surface area contributed by atoms with Gasteiger partial charge in [-0.15, -0.1) is 0 Å². The van der Waals surface area contributed by atoms with Gasteiger partial charge in [0.25, 0.3) is 0 Å². The normalized spacial score (nSPS) is 13.2. The van der Waals surface area contributed by atoms with E-state index in [1.54, 1.807) is 24.8 Å². The van der Waals surface area contributed by atoms with E-state index in [2.05, 4.69) is 45.6 Å². The minimum Gasteiger partial charge on any atom is -0.265 e.